The van der Waals surface area contributed by atoms with E-state index in [1.807, 2.05) is 29.2 Å². The molecule has 0 spiro atoms. The van der Waals surface area contributed by atoms with Crippen LogP contribution >= 0.6 is 0 Å². The number of carbonyl (C=O) groups is 1. The van der Waals surface area contributed by atoms with E-state index in [9.17, 15) is 19.6 Å². The molecule has 2 heterocycles. The Hall–Kier alpha value is -4.12. The molecule has 8 nitrogen and oxygen atoms in total. The zero-order valence-corrected chi connectivity index (χ0v) is 18.4. The maximum Gasteiger partial charge on any atom is 0.332 e. The molecule has 0 radical (unpaired) electrons. The number of rotatable bonds is 5. The molecule has 1 aliphatic heterocycles. The van der Waals surface area contributed by atoms with Crippen molar-refractivity contribution in [2.24, 2.45) is 7.05 Å². The Balaban J connectivity index is 1.64. The van der Waals surface area contributed by atoms with Crippen LogP contribution in [-0.2, 0) is 13.6 Å². The highest BCUT2D eigenvalue weighted by molar-refractivity contribution is 5.94. The van der Waals surface area contributed by atoms with Gasteiger partial charge in [-0.1, -0.05) is 36.4 Å². The first-order valence-electron chi connectivity index (χ1n) is 10.9. The van der Waals surface area contributed by atoms with Crippen LogP contribution in [0.3, 0.4) is 0 Å². The number of carbonyl (C=O) groups excluding carboxylic acids is 1. The minimum Gasteiger partial charge on any atom is -0.356 e. The zero-order valence-electron chi connectivity index (χ0n) is 18.4. The predicted octanol–water partition coefficient (Wildman–Crippen LogP) is 1.87. The second-order valence-corrected chi connectivity index (χ2v) is 8.16. The molecule has 0 saturated carbocycles. The molecule has 0 unspecified atom stereocenters. The fourth-order valence-electron chi connectivity index (χ4n) is 4.17. The number of nitrogens with one attached hydrogen (secondary N) is 1. The second-order valence-electron chi connectivity index (χ2n) is 8.16. The van der Waals surface area contributed by atoms with Gasteiger partial charge in [0.15, 0.2) is 0 Å². The van der Waals surface area contributed by atoms with Crippen molar-refractivity contribution >= 4 is 11.7 Å². The molecule has 1 amide bonds. The summed E-state index contributed by atoms with van der Waals surface area (Å²) in [5.41, 5.74) is 0.938. The van der Waals surface area contributed by atoms with Crippen LogP contribution in [0.15, 0.2) is 70.3 Å². The zero-order chi connectivity index (χ0) is 23.4. The van der Waals surface area contributed by atoms with E-state index in [0.717, 1.165) is 17.4 Å². The van der Waals surface area contributed by atoms with Crippen molar-refractivity contribution in [1.82, 2.24) is 14.5 Å². The maximum atomic E-state index is 13.0. The van der Waals surface area contributed by atoms with Crippen LogP contribution in [0.5, 0.6) is 0 Å². The van der Waals surface area contributed by atoms with Crippen molar-refractivity contribution in [3.8, 4) is 6.07 Å². The number of hydrogen-bond acceptors (Lipinski definition) is 5. The summed E-state index contributed by atoms with van der Waals surface area (Å²) in [6.45, 7) is 1.30. The van der Waals surface area contributed by atoms with Crippen molar-refractivity contribution in [1.29, 1.82) is 5.26 Å². The van der Waals surface area contributed by atoms with E-state index in [2.05, 4.69) is 11.4 Å². The Morgan fingerprint density at radius 1 is 1.12 bits per heavy atom. The first-order valence-corrected chi connectivity index (χ1v) is 10.9. The molecule has 8 heteroatoms. The van der Waals surface area contributed by atoms with E-state index < -0.39 is 11.2 Å². The van der Waals surface area contributed by atoms with E-state index in [4.69, 9.17) is 0 Å². The Morgan fingerprint density at radius 2 is 1.85 bits per heavy atom. The van der Waals surface area contributed by atoms with Crippen molar-refractivity contribution < 1.29 is 4.79 Å². The monoisotopic (exact) mass is 443 g/mol. The van der Waals surface area contributed by atoms with Crippen LogP contribution in [0.1, 0.15) is 34.3 Å². The molecule has 1 N–H and O–H groups in total. The van der Waals surface area contributed by atoms with Gasteiger partial charge in [-0.2, -0.15) is 5.26 Å². The number of nitrogens with zero attached hydrogens (tertiary/aromatic N) is 4. The molecule has 168 valence electrons. The molecule has 3 aromatic rings. The number of piperidine rings is 1. The Labute approximate surface area is 191 Å². The third kappa shape index (κ3) is 4.72. The molecule has 1 fully saturated rings. The summed E-state index contributed by atoms with van der Waals surface area (Å²) in [4.78, 5) is 40.1. The summed E-state index contributed by atoms with van der Waals surface area (Å²) in [6.07, 6.45) is 1.61. The third-order valence-corrected chi connectivity index (χ3v) is 5.96. The van der Waals surface area contributed by atoms with Gasteiger partial charge in [0.25, 0.3) is 11.5 Å². The van der Waals surface area contributed by atoms with E-state index in [1.54, 1.807) is 30.3 Å². The standard InChI is InChI=1S/C25H25N5O3/c1-28-23(31)14-22(30(25(28)33)16-20-11-6-5-10-19(20)15-26)29-13-7-12-21(17-29)27-24(32)18-8-3-2-4-9-18/h2-6,8-11,14,21H,7,12-13,16-17H2,1H3,(H,27,32)/t21-/m0/s1. The van der Waals surface area contributed by atoms with Crippen LogP contribution in [-0.4, -0.2) is 34.2 Å². The first kappa shape index (κ1) is 22.1. The van der Waals surface area contributed by atoms with Crippen LogP contribution in [0, 0.1) is 11.3 Å². The molecule has 1 atom stereocenters. The quantitative estimate of drug-likeness (QED) is 0.649. The highest BCUT2D eigenvalue weighted by Crippen LogP contribution is 2.20. The molecular weight excluding hydrogens is 418 g/mol. The average Bonchev–Trinajstić information content (AvgIpc) is 2.85. The summed E-state index contributed by atoms with van der Waals surface area (Å²) in [6, 6.07) is 19.6. The molecule has 4 rings (SSSR count). The average molecular weight is 444 g/mol. The molecular formula is C25H25N5O3. The van der Waals surface area contributed by atoms with Gasteiger partial charge in [-0.15, -0.1) is 0 Å². The van der Waals surface area contributed by atoms with Gasteiger partial charge in [-0.05, 0) is 36.6 Å². The van der Waals surface area contributed by atoms with Gasteiger partial charge in [-0.3, -0.25) is 18.7 Å². The van der Waals surface area contributed by atoms with Crippen molar-refractivity contribution in [3.63, 3.8) is 0 Å². The number of nitriles is 1. The summed E-state index contributed by atoms with van der Waals surface area (Å²) < 4.78 is 2.59. The molecule has 33 heavy (non-hydrogen) atoms. The normalized spacial score (nSPS) is 15.6. The number of amides is 1. The molecule has 0 aliphatic carbocycles. The van der Waals surface area contributed by atoms with Crippen LogP contribution in [0.25, 0.3) is 0 Å². The minimum atomic E-state index is -0.444. The number of benzene rings is 2. The van der Waals surface area contributed by atoms with Crippen LogP contribution in [0.4, 0.5) is 5.82 Å². The Kier molecular flexibility index (Phi) is 6.41. The van der Waals surface area contributed by atoms with E-state index in [-0.39, 0.29) is 18.5 Å². The van der Waals surface area contributed by atoms with Gasteiger partial charge < -0.3 is 10.2 Å². The van der Waals surface area contributed by atoms with Gasteiger partial charge in [0.05, 0.1) is 18.2 Å². The minimum absolute atomic E-state index is 0.120. The van der Waals surface area contributed by atoms with Gasteiger partial charge >= 0.3 is 5.69 Å². The number of aromatic nitrogens is 2. The van der Waals surface area contributed by atoms with Crippen molar-refractivity contribution in [3.05, 3.63) is 98.2 Å². The van der Waals surface area contributed by atoms with Crippen molar-refractivity contribution in [2.45, 2.75) is 25.4 Å². The smallest absolute Gasteiger partial charge is 0.332 e. The fourth-order valence-corrected chi connectivity index (χ4v) is 4.17. The summed E-state index contributed by atoms with van der Waals surface area (Å²) in [7, 11) is 1.44. The second kappa shape index (κ2) is 9.57. The summed E-state index contributed by atoms with van der Waals surface area (Å²) in [5.74, 6) is 0.348. The molecule has 2 aromatic carbocycles. The van der Waals surface area contributed by atoms with E-state index >= 15 is 0 Å². The SMILES string of the molecule is Cn1c(=O)cc(N2CCC[C@H](NC(=O)c3ccccc3)C2)n(Cc2ccccc2C#N)c1=O. The highest BCUT2D eigenvalue weighted by atomic mass is 16.2. The Bertz CT molecular complexity index is 1320. The third-order valence-electron chi connectivity index (χ3n) is 5.96. The first-order chi connectivity index (χ1) is 16.0. The lowest BCUT2D eigenvalue weighted by molar-refractivity contribution is 0.0933. The van der Waals surface area contributed by atoms with Gasteiger partial charge in [0.2, 0.25) is 0 Å². The van der Waals surface area contributed by atoms with Gasteiger partial charge in [0.1, 0.15) is 5.82 Å². The summed E-state index contributed by atoms with van der Waals surface area (Å²) in [5, 5.41) is 12.5. The molecule has 0 bridgehead atoms. The van der Waals surface area contributed by atoms with Gasteiger partial charge in [0, 0.05) is 37.8 Å². The summed E-state index contributed by atoms with van der Waals surface area (Å²) >= 11 is 0. The lowest BCUT2D eigenvalue weighted by Crippen LogP contribution is -2.50. The van der Waals surface area contributed by atoms with E-state index in [0.29, 0.717) is 35.6 Å². The number of hydrogen-bond donors (Lipinski definition) is 1. The topological polar surface area (TPSA) is 100 Å². The lowest BCUT2D eigenvalue weighted by Gasteiger charge is -2.35. The van der Waals surface area contributed by atoms with Crippen molar-refractivity contribution in [2.75, 3.05) is 18.0 Å². The predicted molar refractivity (Wildman–Crippen MR) is 125 cm³/mol. The molecule has 1 saturated heterocycles. The molecule has 1 aromatic heterocycles. The maximum absolute atomic E-state index is 13.0. The van der Waals surface area contributed by atoms with Gasteiger partial charge in [-0.25, -0.2) is 4.79 Å². The van der Waals surface area contributed by atoms with Crippen LogP contribution < -0.4 is 21.5 Å². The van der Waals surface area contributed by atoms with Crippen LogP contribution in [0.2, 0.25) is 0 Å². The Morgan fingerprint density at radius 3 is 2.61 bits per heavy atom. The molecule has 1 aliphatic rings. The number of anilines is 1. The lowest BCUT2D eigenvalue weighted by atomic mass is 10.0. The largest absolute Gasteiger partial charge is 0.356 e. The highest BCUT2D eigenvalue weighted by Gasteiger charge is 2.25. The van der Waals surface area contributed by atoms with E-state index in [1.165, 1.54) is 17.7 Å². The fraction of sp³-hybridized carbons (Fsp3) is 0.280.